The third kappa shape index (κ3) is 7.13. The number of carboxylic acids is 1. The van der Waals surface area contributed by atoms with Crippen molar-refractivity contribution < 1.29 is 67.8 Å². The van der Waals surface area contributed by atoms with E-state index in [0.29, 0.717) is 29.1 Å². The topological polar surface area (TPSA) is 347 Å². The number of hydrogen-bond donors (Lipinski definition) is 7. The van der Waals surface area contributed by atoms with E-state index in [4.69, 9.17) is 11.6 Å². The summed E-state index contributed by atoms with van der Waals surface area (Å²) in [6, 6.07) is 5.44. The summed E-state index contributed by atoms with van der Waals surface area (Å²) in [6.45, 7) is 0. The molecule has 0 atom stereocenters. The zero-order valence-corrected chi connectivity index (χ0v) is 28.7. The molecule has 3 heterocycles. The van der Waals surface area contributed by atoms with Crippen LogP contribution in [0.1, 0.15) is 10.4 Å². The Labute approximate surface area is 302 Å². The molecule has 6 rings (SSSR count). The van der Waals surface area contributed by atoms with E-state index in [0.717, 1.165) is 18.2 Å². The van der Waals surface area contributed by atoms with E-state index in [9.17, 15) is 67.8 Å². The lowest BCUT2D eigenvalue weighted by Crippen LogP contribution is -2.06. The molecule has 0 aliphatic heterocycles. The molecule has 0 saturated heterocycles. The van der Waals surface area contributed by atoms with Crippen LogP contribution in [-0.2, 0) is 30.4 Å². The highest BCUT2D eigenvalue weighted by molar-refractivity contribution is 7.86. The van der Waals surface area contributed by atoms with Crippen molar-refractivity contribution in [3.8, 4) is 17.4 Å². The number of benzene rings is 3. The number of aromatic nitrogens is 6. The van der Waals surface area contributed by atoms with E-state index in [1.165, 1.54) is 0 Å². The number of anilines is 2. The molecular weight excluding hydrogens is 816 g/mol. The Morgan fingerprint density at radius 3 is 2.11 bits per heavy atom. The predicted octanol–water partition coefficient (Wildman–Crippen LogP) is 3.70. The fourth-order valence-corrected chi connectivity index (χ4v) is 7.08. The predicted molar refractivity (Wildman–Crippen MR) is 175 cm³/mol. The van der Waals surface area contributed by atoms with Crippen LogP contribution in [0.4, 0.5) is 31.7 Å². The van der Waals surface area contributed by atoms with Crippen LogP contribution in [0.25, 0.3) is 27.5 Å². The highest BCUT2D eigenvalue weighted by Gasteiger charge is 2.28. The van der Waals surface area contributed by atoms with Gasteiger partial charge in [0, 0.05) is 22.5 Å². The molecule has 0 radical (unpaired) electrons. The Morgan fingerprint density at radius 2 is 1.48 bits per heavy atom. The average molecular weight is 830 g/mol. The molecule has 0 bridgehead atoms. The molecule has 6 aromatic rings. The van der Waals surface area contributed by atoms with Crippen LogP contribution in [0.2, 0.25) is 5.02 Å². The molecule has 0 spiro atoms. The fourth-order valence-electron chi connectivity index (χ4n) is 4.86. The molecule has 0 aliphatic rings. The molecule has 3 aromatic carbocycles. The van der Waals surface area contributed by atoms with E-state index >= 15 is 0 Å². The first-order chi connectivity index (χ1) is 25.0. The summed E-state index contributed by atoms with van der Waals surface area (Å²) in [5.41, 5.74) is -4.13. The van der Waals surface area contributed by atoms with Crippen molar-refractivity contribution in [1.82, 2.24) is 29.9 Å². The van der Waals surface area contributed by atoms with Gasteiger partial charge in [0.25, 0.3) is 30.4 Å². The van der Waals surface area contributed by atoms with E-state index in [2.05, 4.69) is 40.7 Å². The lowest BCUT2D eigenvalue weighted by Gasteiger charge is -2.13. The number of aromatic carboxylic acids is 1. The van der Waals surface area contributed by atoms with Crippen molar-refractivity contribution in [3.05, 3.63) is 65.1 Å². The third-order valence-electron chi connectivity index (χ3n) is 7.02. The summed E-state index contributed by atoms with van der Waals surface area (Å²) in [5, 5.41) is 44.0. The smallest absolute Gasteiger partial charge is 0.338 e. The number of nitrogens with zero attached hydrogens (tertiary/aromatic N) is 8. The van der Waals surface area contributed by atoms with Crippen LogP contribution in [0, 0.1) is 12.0 Å². The van der Waals surface area contributed by atoms with Crippen molar-refractivity contribution in [2.75, 3.05) is 5.32 Å². The Morgan fingerprint density at radius 1 is 0.815 bits per heavy atom. The molecule has 7 N–H and O–H groups in total. The Hall–Kier alpha value is -6.10. The van der Waals surface area contributed by atoms with Crippen LogP contribution < -0.4 is 5.32 Å². The van der Waals surface area contributed by atoms with E-state index in [1.54, 1.807) is 0 Å². The number of nitrogens with one attached hydrogen (secondary N) is 1. The minimum Gasteiger partial charge on any atom is -0.493 e. The molecule has 22 nitrogen and oxygen atoms in total. The van der Waals surface area contributed by atoms with Gasteiger partial charge in [0.15, 0.2) is 11.5 Å². The Kier molecular flexibility index (Phi) is 9.12. The number of halogens is 3. The quantitative estimate of drug-likeness (QED) is 0.0472. The van der Waals surface area contributed by atoms with E-state index in [-0.39, 0.29) is 5.69 Å². The fraction of sp³-hybridized carbons (Fsp3) is 0. The minimum atomic E-state index is -5.37. The molecule has 0 saturated carbocycles. The summed E-state index contributed by atoms with van der Waals surface area (Å²) in [7, 11) is -15.9. The van der Waals surface area contributed by atoms with Crippen molar-refractivity contribution >= 4 is 92.6 Å². The monoisotopic (exact) mass is 829 g/mol. The Bertz CT molecular complexity index is 3000. The highest BCUT2D eigenvalue weighted by atomic mass is 35.5. The van der Waals surface area contributed by atoms with Crippen LogP contribution >= 0.6 is 11.6 Å². The van der Waals surface area contributed by atoms with Crippen LogP contribution in [0.15, 0.2) is 67.4 Å². The maximum atomic E-state index is 14.0. The van der Waals surface area contributed by atoms with Crippen LogP contribution in [-0.4, -0.2) is 90.1 Å². The molecule has 28 heteroatoms. The van der Waals surface area contributed by atoms with Gasteiger partial charge in [-0.25, -0.2) is 4.79 Å². The molecule has 0 aliphatic carbocycles. The molecule has 3 aromatic heterocycles. The zero-order valence-electron chi connectivity index (χ0n) is 25.5. The number of fused-ring (bicyclic) bond motifs is 3. The van der Waals surface area contributed by atoms with E-state index in [1.807, 2.05) is 0 Å². The van der Waals surface area contributed by atoms with Gasteiger partial charge in [-0.15, -0.1) is 20.4 Å². The number of carbonyl (C=O) groups is 1. The first-order valence-electron chi connectivity index (χ1n) is 13.7. The number of aromatic hydroxyl groups is 2. The second kappa shape index (κ2) is 13.1. The van der Waals surface area contributed by atoms with Crippen LogP contribution in [0.5, 0.6) is 11.8 Å². The van der Waals surface area contributed by atoms with Gasteiger partial charge in [0.05, 0.1) is 11.3 Å². The number of pyridine rings is 1. The van der Waals surface area contributed by atoms with Gasteiger partial charge in [0.2, 0.25) is 17.7 Å². The SMILES string of the molecule is O=C(O)c1cc(O)nc(O)c1N=Nc1ccc(-n2nc3cc(S(=O)(=O)O)c4cc(Nc5nc(F)nc(F)c5Cl)cc(S(=O)(=O)O)c4c3n2)cc1S(=O)(=O)O. The van der Waals surface area contributed by atoms with Gasteiger partial charge < -0.3 is 20.6 Å². The van der Waals surface area contributed by atoms with Crippen molar-refractivity contribution in [2.24, 2.45) is 10.2 Å². The van der Waals surface area contributed by atoms with Crippen molar-refractivity contribution in [2.45, 2.75) is 14.7 Å². The van der Waals surface area contributed by atoms with Crippen molar-refractivity contribution in [1.29, 1.82) is 0 Å². The van der Waals surface area contributed by atoms with Gasteiger partial charge >= 0.3 is 12.0 Å². The van der Waals surface area contributed by atoms with Crippen molar-refractivity contribution in [3.63, 3.8) is 0 Å². The largest absolute Gasteiger partial charge is 0.493 e. The molecule has 0 amide bonds. The third-order valence-corrected chi connectivity index (χ3v) is 10.0. The lowest BCUT2D eigenvalue weighted by molar-refractivity contribution is 0.0696. The van der Waals surface area contributed by atoms with Gasteiger partial charge in [-0.2, -0.15) is 53.8 Å². The minimum absolute atomic E-state index is 0.353. The lowest BCUT2D eigenvalue weighted by atomic mass is 10.1. The zero-order chi connectivity index (χ0) is 39.7. The van der Waals surface area contributed by atoms with Crippen LogP contribution in [0.3, 0.4) is 0 Å². The number of rotatable bonds is 9. The normalized spacial score (nSPS) is 12.6. The number of azo groups is 1. The maximum Gasteiger partial charge on any atom is 0.338 e. The average Bonchev–Trinajstić information content (AvgIpc) is 3.48. The van der Waals surface area contributed by atoms with E-state index < -0.39 is 130 Å². The summed E-state index contributed by atoms with van der Waals surface area (Å²) in [5.74, 6) is -6.01. The van der Waals surface area contributed by atoms with Gasteiger partial charge in [0.1, 0.15) is 36.4 Å². The molecule has 0 fully saturated rings. The number of carboxylic acid groups (broad SMARTS) is 1. The first-order valence-corrected chi connectivity index (χ1v) is 18.4. The summed E-state index contributed by atoms with van der Waals surface area (Å²) < 4.78 is 133. The maximum absolute atomic E-state index is 14.0. The molecule has 54 heavy (non-hydrogen) atoms. The summed E-state index contributed by atoms with van der Waals surface area (Å²) >= 11 is 5.77. The van der Waals surface area contributed by atoms with Gasteiger partial charge in [-0.3, -0.25) is 13.7 Å². The molecular formula is C26H14ClF2N9O13S3. The summed E-state index contributed by atoms with van der Waals surface area (Å²) in [6.07, 6.45) is -1.61. The molecule has 280 valence electrons. The molecule has 0 unspecified atom stereocenters. The van der Waals surface area contributed by atoms with Gasteiger partial charge in [-0.05, 0) is 36.4 Å². The summed E-state index contributed by atoms with van der Waals surface area (Å²) in [4.78, 5) is 18.3. The standard InChI is InChI=1S/C26H14ClF2N9O13S3/c27-19-22(28)32-26(29)33-23(19)30-8-3-10-14(52(43,44)45)7-13-21(18(10)16(4-8)54(49,50)51)37-38(36-13)9-1-2-12(15(5-9)53(46,47)48)34-35-20-11(25(41)42)6-17(39)31-24(20)40/h1-7H,(H,41,42)(H,30,32,33)(H2,31,39,40)(H,43,44,45)(H,46,47,48)(H,49,50,51). The Balaban J connectivity index is 1.56. The second-order valence-electron chi connectivity index (χ2n) is 10.5. The number of hydrogen-bond acceptors (Lipinski definition) is 17. The second-order valence-corrected chi connectivity index (χ2v) is 15.0. The van der Waals surface area contributed by atoms with Gasteiger partial charge in [-0.1, -0.05) is 11.6 Å². The highest BCUT2D eigenvalue weighted by Crippen LogP contribution is 2.39. The first kappa shape index (κ1) is 37.7.